The molecule has 0 bridgehead atoms. The van der Waals surface area contributed by atoms with E-state index in [-0.39, 0.29) is 24.5 Å². The number of aliphatic hydroxyl groups excluding tert-OH is 1. The van der Waals surface area contributed by atoms with Crippen LogP contribution < -0.4 is 10.6 Å². The topological polar surface area (TPSA) is 78.4 Å². The van der Waals surface area contributed by atoms with E-state index in [9.17, 15) is 14.7 Å². The number of nitrogens with one attached hydrogen (secondary N) is 2. The highest BCUT2D eigenvalue weighted by atomic mass is 16.3. The Morgan fingerprint density at radius 2 is 1.77 bits per heavy atom. The van der Waals surface area contributed by atoms with Gasteiger partial charge in [0.1, 0.15) is 0 Å². The lowest BCUT2D eigenvalue weighted by atomic mass is 9.98. The third-order valence-electron chi connectivity index (χ3n) is 4.15. The summed E-state index contributed by atoms with van der Waals surface area (Å²) < 4.78 is 0. The summed E-state index contributed by atoms with van der Waals surface area (Å²) in [5, 5.41) is 15.1. The lowest BCUT2D eigenvalue weighted by Gasteiger charge is -2.25. The molecule has 0 aliphatic rings. The Morgan fingerprint density at radius 3 is 2.42 bits per heavy atom. The molecule has 5 nitrogen and oxygen atoms in total. The van der Waals surface area contributed by atoms with Crippen LogP contribution in [0.5, 0.6) is 0 Å². The van der Waals surface area contributed by atoms with Crippen LogP contribution in [0.3, 0.4) is 0 Å². The first-order chi connectivity index (χ1) is 12.2. The summed E-state index contributed by atoms with van der Waals surface area (Å²) in [6.07, 6.45) is 0. The van der Waals surface area contributed by atoms with Crippen molar-refractivity contribution in [3.8, 4) is 0 Å². The number of carbonyl (C=O) groups is 2. The smallest absolute Gasteiger partial charge is 0.252 e. The quantitative estimate of drug-likeness (QED) is 0.746. The molecule has 0 spiro atoms. The van der Waals surface area contributed by atoms with Crippen LogP contribution in [-0.4, -0.2) is 29.1 Å². The van der Waals surface area contributed by atoms with E-state index in [1.54, 1.807) is 32.0 Å². The number of hydrogen-bond donors (Lipinski definition) is 3. The summed E-state index contributed by atoms with van der Waals surface area (Å²) in [5.41, 5.74) is 2.07. The highest BCUT2D eigenvalue weighted by molar-refractivity contribution is 5.97. The van der Waals surface area contributed by atoms with Crippen LogP contribution in [0.2, 0.25) is 0 Å². The normalized spacial score (nSPS) is 12.3. The number of rotatable bonds is 6. The second-order valence-electron chi connectivity index (χ2n) is 7.15. The molecule has 0 radical (unpaired) electrons. The predicted molar refractivity (Wildman–Crippen MR) is 102 cm³/mol. The molecule has 0 saturated carbocycles. The lowest BCUT2D eigenvalue weighted by Crippen LogP contribution is -2.46. The van der Waals surface area contributed by atoms with E-state index in [1.165, 1.54) is 0 Å². The number of aryl methyl sites for hydroxylation is 1. The molecule has 0 heterocycles. The van der Waals surface area contributed by atoms with E-state index in [0.717, 1.165) is 11.1 Å². The van der Waals surface area contributed by atoms with Crippen LogP contribution in [0.15, 0.2) is 48.5 Å². The number of hydrogen-bond acceptors (Lipinski definition) is 3. The maximum Gasteiger partial charge on any atom is 0.252 e. The third kappa shape index (κ3) is 4.92. The van der Waals surface area contributed by atoms with Crippen LogP contribution in [0.1, 0.15) is 58.7 Å². The molecule has 1 atom stereocenters. The van der Waals surface area contributed by atoms with Gasteiger partial charge in [0.05, 0.1) is 18.2 Å². The molecular formula is C21H26N2O3. The van der Waals surface area contributed by atoms with Gasteiger partial charge in [-0.25, -0.2) is 0 Å². The molecule has 3 N–H and O–H groups in total. The molecule has 1 unspecified atom stereocenters. The molecule has 0 fully saturated rings. The highest BCUT2D eigenvalue weighted by Gasteiger charge is 2.23. The summed E-state index contributed by atoms with van der Waals surface area (Å²) in [4.78, 5) is 25.1. The Hall–Kier alpha value is -2.66. The van der Waals surface area contributed by atoms with Crippen LogP contribution in [0, 0.1) is 6.92 Å². The van der Waals surface area contributed by atoms with Gasteiger partial charge in [0.2, 0.25) is 0 Å². The molecule has 2 amide bonds. The lowest BCUT2D eigenvalue weighted by molar-refractivity contribution is 0.0863. The molecule has 0 aliphatic carbocycles. The molecule has 2 aromatic rings. The molecule has 26 heavy (non-hydrogen) atoms. The largest absolute Gasteiger partial charge is 0.394 e. The Balaban J connectivity index is 2.20. The second kappa shape index (κ2) is 8.15. The molecule has 5 heteroatoms. The zero-order valence-electron chi connectivity index (χ0n) is 15.7. The van der Waals surface area contributed by atoms with Crippen LogP contribution in [-0.2, 0) is 0 Å². The fourth-order valence-corrected chi connectivity index (χ4v) is 2.64. The van der Waals surface area contributed by atoms with Crippen molar-refractivity contribution < 1.29 is 14.7 Å². The van der Waals surface area contributed by atoms with Crippen molar-refractivity contribution in [3.05, 3.63) is 70.8 Å². The minimum atomic E-state index is -0.724. The van der Waals surface area contributed by atoms with Gasteiger partial charge in [-0.1, -0.05) is 35.9 Å². The van der Waals surface area contributed by atoms with Gasteiger partial charge in [-0.2, -0.15) is 0 Å². The number of benzene rings is 2. The fourth-order valence-electron chi connectivity index (χ4n) is 2.64. The van der Waals surface area contributed by atoms with Gasteiger partial charge in [0.25, 0.3) is 11.8 Å². The van der Waals surface area contributed by atoms with Gasteiger partial charge < -0.3 is 15.7 Å². The second-order valence-corrected chi connectivity index (χ2v) is 7.15. The van der Waals surface area contributed by atoms with Crippen molar-refractivity contribution in [1.82, 2.24) is 10.6 Å². The van der Waals surface area contributed by atoms with Gasteiger partial charge in [0.15, 0.2) is 0 Å². The Bertz CT molecular complexity index is 799. The maximum atomic E-state index is 12.6. The van der Waals surface area contributed by atoms with Crippen LogP contribution >= 0.6 is 0 Å². The summed E-state index contributed by atoms with van der Waals surface area (Å²) in [6, 6.07) is 14.2. The van der Waals surface area contributed by atoms with E-state index in [2.05, 4.69) is 10.6 Å². The van der Waals surface area contributed by atoms with Crippen LogP contribution in [0.4, 0.5) is 0 Å². The third-order valence-corrected chi connectivity index (χ3v) is 4.15. The average molecular weight is 354 g/mol. The molecule has 0 aliphatic heterocycles. The first-order valence-corrected chi connectivity index (χ1v) is 8.63. The number of aliphatic hydroxyl groups is 1. The zero-order valence-corrected chi connectivity index (χ0v) is 15.7. The average Bonchev–Trinajstić information content (AvgIpc) is 2.61. The van der Waals surface area contributed by atoms with E-state index in [0.29, 0.717) is 11.1 Å². The number of amides is 2. The summed E-state index contributed by atoms with van der Waals surface area (Å²) in [7, 11) is 0. The predicted octanol–water partition coefficient (Wildman–Crippen LogP) is 2.99. The molecule has 0 saturated heterocycles. The fraction of sp³-hybridized carbons (Fsp3) is 0.333. The highest BCUT2D eigenvalue weighted by Crippen LogP contribution is 2.19. The van der Waals surface area contributed by atoms with Gasteiger partial charge in [-0.3, -0.25) is 9.59 Å². The zero-order chi connectivity index (χ0) is 19.3. The molecule has 2 rings (SSSR count). The van der Waals surface area contributed by atoms with Crippen LogP contribution in [0.25, 0.3) is 0 Å². The molecule has 138 valence electrons. The summed E-state index contributed by atoms with van der Waals surface area (Å²) in [6.45, 7) is 7.10. The maximum absolute atomic E-state index is 12.6. The van der Waals surface area contributed by atoms with Crippen molar-refractivity contribution in [2.24, 2.45) is 0 Å². The van der Waals surface area contributed by atoms with Crippen molar-refractivity contribution >= 4 is 11.8 Å². The van der Waals surface area contributed by atoms with E-state index in [1.807, 2.05) is 44.2 Å². The van der Waals surface area contributed by atoms with E-state index < -0.39 is 5.54 Å². The standard InChI is InChI=1S/C21H26N2O3/c1-14-8-7-9-16(12-14)19(25)22-15(2)17-10-5-6-11-18(17)20(26)23-21(3,4)13-24/h5-12,15,24H,13H2,1-4H3,(H,22,25)(H,23,26). The first-order valence-electron chi connectivity index (χ1n) is 8.63. The SMILES string of the molecule is Cc1cccc(C(=O)NC(C)c2ccccc2C(=O)NC(C)(C)CO)c1. The van der Waals surface area contributed by atoms with E-state index in [4.69, 9.17) is 0 Å². The van der Waals surface area contributed by atoms with Crippen molar-refractivity contribution in [2.75, 3.05) is 6.61 Å². The molecular weight excluding hydrogens is 328 g/mol. The van der Waals surface area contributed by atoms with Gasteiger partial charge in [-0.05, 0) is 51.5 Å². The molecule has 0 aromatic heterocycles. The van der Waals surface area contributed by atoms with Crippen molar-refractivity contribution in [3.63, 3.8) is 0 Å². The first kappa shape index (κ1) is 19.7. The summed E-state index contributed by atoms with van der Waals surface area (Å²) >= 11 is 0. The minimum absolute atomic E-state index is 0.166. The Morgan fingerprint density at radius 1 is 1.08 bits per heavy atom. The van der Waals surface area contributed by atoms with E-state index >= 15 is 0 Å². The van der Waals surface area contributed by atoms with Crippen molar-refractivity contribution in [1.29, 1.82) is 0 Å². The number of carbonyl (C=O) groups excluding carboxylic acids is 2. The van der Waals surface area contributed by atoms with Gasteiger partial charge >= 0.3 is 0 Å². The summed E-state index contributed by atoms with van der Waals surface area (Å²) in [5.74, 6) is -0.469. The van der Waals surface area contributed by atoms with Gasteiger partial charge in [-0.15, -0.1) is 0 Å². The Kier molecular flexibility index (Phi) is 6.16. The van der Waals surface area contributed by atoms with Crippen molar-refractivity contribution in [2.45, 2.75) is 39.3 Å². The monoisotopic (exact) mass is 354 g/mol. The molecule has 2 aromatic carbocycles. The minimum Gasteiger partial charge on any atom is -0.394 e. The Labute approximate surface area is 154 Å². The van der Waals surface area contributed by atoms with Gasteiger partial charge in [0, 0.05) is 11.1 Å².